The smallest absolute Gasteiger partial charge is 0.0839 e. The highest BCUT2D eigenvalue weighted by Gasteiger charge is 2.01. The van der Waals surface area contributed by atoms with Crippen LogP contribution < -0.4 is 11.2 Å². The molecule has 0 heterocycles. The molecule has 0 aliphatic rings. The Bertz CT molecular complexity index is 284. The minimum Gasteiger partial charge on any atom is -0.397 e. The lowest BCUT2D eigenvalue weighted by Crippen LogP contribution is -2.02. The van der Waals surface area contributed by atoms with Crippen LogP contribution in [0.4, 0.5) is 11.4 Å². The molecule has 3 nitrogen and oxygen atoms in total. The maximum atomic E-state index is 5.80. The second kappa shape index (κ2) is 3.45. The minimum absolute atomic E-state index is 0.738. The van der Waals surface area contributed by atoms with Gasteiger partial charge in [0, 0.05) is 0 Å². The molecular formula is C9H14N2O. The normalized spacial score (nSPS) is 9.92. The molecule has 0 aliphatic heterocycles. The molecule has 0 amide bonds. The van der Waals surface area contributed by atoms with Crippen LogP contribution in [0, 0.1) is 13.8 Å². The van der Waals surface area contributed by atoms with Gasteiger partial charge in [-0.1, -0.05) is 6.07 Å². The van der Waals surface area contributed by atoms with E-state index < -0.39 is 0 Å². The van der Waals surface area contributed by atoms with Crippen LogP contribution in [0.15, 0.2) is 12.1 Å². The van der Waals surface area contributed by atoms with E-state index in [4.69, 9.17) is 10.6 Å². The second-order valence-electron chi connectivity index (χ2n) is 2.85. The summed E-state index contributed by atoms with van der Waals surface area (Å²) in [5.74, 6) is 0. The summed E-state index contributed by atoms with van der Waals surface area (Å²) < 4.78 is 0. The number of anilines is 2. The average Bonchev–Trinajstić information content (AvgIpc) is 2.00. The van der Waals surface area contributed by atoms with E-state index in [0.717, 1.165) is 16.9 Å². The number of rotatable bonds is 2. The molecule has 66 valence electrons. The first-order valence-corrected chi connectivity index (χ1v) is 3.81. The van der Waals surface area contributed by atoms with E-state index in [1.165, 1.54) is 5.56 Å². The Hall–Kier alpha value is -1.22. The molecule has 0 fully saturated rings. The summed E-state index contributed by atoms with van der Waals surface area (Å²) in [5, 5.41) is 0. The molecule has 3 heteroatoms. The lowest BCUT2D eigenvalue weighted by Gasteiger charge is -2.10. The van der Waals surface area contributed by atoms with Gasteiger partial charge in [0.15, 0.2) is 0 Å². The Morgan fingerprint density at radius 2 is 2.00 bits per heavy atom. The molecule has 0 radical (unpaired) electrons. The largest absolute Gasteiger partial charge is 0.397 e. The standard InChI is InChI=1S/C9H14N2O/c1-6-4-7(2)9(10)8(5-6)11-12-3/h4-5,11H,10H2,1-3H3. The zero-order valence-corrected chi connectivity index (χ0v) is 7.64. The fourth-order valence-corrected chi connectivity index (χ4v) is 1.17. The van der Waals surface area contributed by atoms with Crippen LogP contribution in [0.3, 0.4) is 0 Å². The van der Waals surface area contributed by atoms with Crippen molar-refractivity contribution in [1.29, 1.82) is 0 Å². The van der Waals surface area contributed by atoms with Gasteiger partial charge in [0.25, 0.3) is 0 Å². The topological polar surface area (TPSA) is 47.3 Å². The van der Waals surface area contributed by atoms with Gasteiger partial charge < -0.3 is 5.73 Å². The number of benzene rings is 1. The summed E-state index contributed by atoms with van der Waals surface area (Å²) in [6, 6.07) is 3.99. The van der Waals surface area contributed by atoms with E-state index in [2.05, 4.69) is 5.48 Å². The van der Waals surface area contributed by atoms with Crippen molar-refractivity contribution < 1.29 is 4.84 Å². The van der Waals surface area contributed by atoms with Crippen LogP contribution in [0.2, 0.25) is 0 Å². The van der Waals surface area contributed by atoms with Crippen molar-refractivity contribution in [3.63, 3.8) is 0 Å². The predicted octanol–water partition coefficient (Wildman–Crippen LogP) is 1.86. The van der Waals surface area contributed by atoms with Crippen molar-refractivity contribution in [2.24, 2.45) is 0 Å². The predicted molar refractivity (Wildman–Crippen MR) is 51.0 cm³/mol. The molecule has 1 aromatic carbocycles. The van der Waals surface area contributed by atoms with Crippen LogP contribution in [0.1, 0.15) is 11.1 Å². The third kappa shape index (κ3) is 1.68. The lowest BCUT2D eigenvalue weighted by atomic mass is 10.1. The number of hydrogen-bond acceptors (Lipinski definition) is 3. The maximum absolute atomic E-state index is 5.80. The Morgan fingerprint density at radius 1 is 1.33 bits per heavy atom. The SMILES string of the molecule is CONc1cc(C)cc(C)c1N. The Kier molecular flexibility index (Phi) is 2.55. The van der Waals surface area contributed by atoms with Crippen LogP contribution in [-0.4, -0.2) is 7.11 Å². The quantitative estimate of drug-likeness (QED) is 0.520. The summed E-state index contributed by atoms with van der Waals surface area (Å²) >= 11 is 0. The zero-order chi connectivity index (χ0) is 9.14. The number of aryl methyl sites for hydroxylation is 2. The van der Waals surface area contributed by atoms with Crippen molar-refractivity contribution >= 4 is 11.4 Å². The van der Waals surface area contributed by atoms with Crippen molar-refractivity contribution in [3.8, 4) is 0 Å². The second-order valence-corrected chi connectivity index (χ2v) is 2.85. The van der Waals surface area contributed by atoms with E-state index in [-0.39, 0.29) is 0 Å². The van der Waals surface area contributed by atoms with Crippen molar-refractivity contribution in [1.82, 2.24) is 0 Å². The van der Waals surface area contributed by atoms with Gasteiger partial charge >= 0.3 is 0 Å². The molecule has 0 atom stereocenters. The van der Waals surface area contributed by atoms with Crippen LogP contribution in [-0.2, 0) is 4.84 Å². The first kappa shape index (κ1) is 8.87. The minimum atomic E-state index is 0.738. The maximum Gasteiger partial charge on any atom is 0.0839 e. The van der Waals surface area contributed by atoms with Crippen molar-refractivity contribution in [3.05, 3.63) is 23.3 Å². The highest BCUT2D eigenvalue weighted by atomic mass is 16.6. The van der Waals surface area contributed by atoms with Gasteiger partial charge in [-0.05, 0) is 31.0 Å². The molecule has 0 aliphatic carbocycles. The fourth-order valence-electron chi connectivity index (χ4n) is 1.17. The summed E-state index contributed by atoms with van der Waals surface area (Å²) in [6.45, 7) is 4.00. The summed E-state index contributed by atoms with van der Waals surface area (Å²) in [6.07, 6.45) is 0. The third-order valence-corrected chi connectivity index (χ3v) is 1.74. The van der Waals surface area contributed by atoms with E-state index >= 15 is 0 Å². The van der Waals surface area contributed by atoms with Crippen LogP contribution in [0.25, 0.3) is 0 Å². The monoisotopic (exact) mass is 166 g/mol. The summed E-state index contributed by atoms with van der Waals surface area (Å²) in [7, 11) is 1.57. The molecule has 0 saturated carbocycles. The Morgan fingerprint density at radius 3 is 2.58 bits per heavy atom. The fraction of sp³-hybridized carbons (Fsp3) is 0.333. The van der Waals surface area contributed by atoms with E-state index in [0.29, 0.717) is 0 Å². The number of hydrogen-bond donors (Lipinski definition) is 2. The van der Waals surface area contributed by atoms with Gasteiger partial charge in [-0.3, -0.25) is 10.3 Å². The highest BCUT2D eigenvalue weighted by molar-refractivity contribution is 5.69. The van der Waals surface area contributed by atoms with Crippen molar-refractivity contribution in [2.75, 3.05) is 18.3 Å². The van der Waals surface area contributed by atoms with Gasteiger partial charge in [-0.25, -0.2) is 0 Å². The molecule has 1 rings (SSSR count). The first-order valence-electron chi connectivity index (χ1n) is 3.81. The molecule has 0 aromatic heterocycles. The zero-order valence-electron chi connectivity index (χ0n) is 7.64. The van der Waals surface area contributed by atoms with Crippen LogP contribution in [0.5, 0.6) is 0 Å². The Labute approximate surface area is 72.5 Å². The van der Waals surface area contributed by atoms with E-state index in [1.54, 1.807) is 7.11 Å². The van der Waals surface area contributed by atoms with E-state index in [1.807, 2.05) is 26.0 Å². The number of nitrogen functional groups attached to an aromatic ring is 1. The summed E-state index contributed by atoms with van der Waals surface area (Å²) in [4.78, 5) is 4.79. The van der Waals surface area contributed by atoms with Gasteiger partial charge in [-0.15, -0.1) is 0 Å². The molecule has 0 unspecified atom stereocenters. The summed E-state index contributed by atoms with van der Waals surface area (Å²) in [5.41, 5.74) is 12.3. The third-order valence-electron chi connectivity index (χ3n) is 1.74. The molecule has 0 spiro atoms. The first-order chi connectivity index (χ1) is 5.65. The molecule has 12 heavy (non-hydrogen) atoms. The molecular weight excluding hydrogens is 152 g/mol. The highest BCUT2D eigenvalue weighted by Crippen LogP contribution is 2.23. The van der Waals surface area contributed by atoms with E-state index in [9.17, 15) is 0 Å². The number of nitrogens with two attached hydrogens (primary N) is 1. The van der Waals surface area contributed by atoms with Gasteiger partial charge in [0.1, 0.15) is 0 Å². The molecule has 3 N–H and O–H groups in total. The van der Waals surface area contributed by atoms with Gasteiger partial charge in [-0.2, -0.15) is 0 Å². The van der Waals surface area contributed by atoms with Crippen LogP contribution >= 0.6 is 0 Å². The number of nitrogens with one attached hydrogen (secondary N) is 1. The molecule has 1 aromatic rings. The molecule has 0 saturated heterocycles. The van der Waals surface area contributed by atoms with Gasteiger partial charge in [0.05, 0.1) is 18.5 Å². The van der Waals surface area contributed by atoms with Crippen molar-refractivity contribution in [2.45, 2.75) is 13.8 Å². The molecule has 0 bridgehead atoms. The average molecular weight is 166 g/mol. The van der Waals surface area contributed by atoms with Gasteiger partial charge in [0.2, 0.25) is 0 Å². The lowest BCUT2D eigenvalue weighted by molar-refractivity contribution is 0.271. The Balaban J connectivity index is 3.09.